The van der Waals surface area contributed by atoms with Crippen LogP contribution in [0.4, 0.5) is 10.5 Å². The molecule has 0 heterocycles. The van der Waals surface area contributed by atoms with Gasteiger partial charge in [0.1, 0.15) is 0 Å². The molecular weight excluding hydrogens is 238 g/mol. The second kappa shape index (κ2) is 7.79. The van der Waals surface area contributed by atoms with Crippen LogP contribution in [0.15, 0.2) is 24.3 Å². The van der Waals surface area contributed by atoms with Crippen molar-refractivity contribution < 1.29 is 4.79 Å². The van der Waals surface area contributed by atoms with Gasteiger partial charge in [0, 0.05) is 17.8 Å². The zero-order valence-corrected chi connectivity index (χ0v) is 12.1. The summed E-state index contributed by atoms with van der Waals surface area (Å²) < 4.78 is 0. The van der Waals surface area contributed by atoms with E-state index in [1.807, 2.05) is 31.2 Å². The minimum Gasteiger partial charge on any atom is -0.335 e. The molecule has 0 aliphatic heterocycles. The summed E-state index contributed by atoms with van der Waals surface area (Å²) >= 11 is 0. The quantitative estimate of drug-likeness (QED) is 0.736. The number of carbonyl (C=O) groups excluding carboxylic acids is 1. The highest BCUT2D eigenvalue weighted by atomic mass is 16.2. The average Bonchev–Trinajstić information content (AvgIpc) is 2.38. The molecule has 1 aromatic rings. The summed E-state index contributed by atoms with van der Waals surface area (Å²) in [6, 6.07) is 7.73. The number of anilines is 1. The first kappa shape index (κ1) is 15.5. The van der Waals surface area contributed by atoms with Gasteiger partial charge in [0.05, 0.1) is 0 Å². The van der Waals surface area contributed by atoms with Gasteiger partial charge in [-0.1, -0.05) is 32.4 Å². The van der Waals surface area contributed by atoms with Crippen LogP contribution in [0, 0.1) is 0 Å². The number of benzene rings is 1. The smallest absolute Gasteiger partial charge is 0.319 e. The molecule has 0 fully saturated rings. The van der Waals surface area contributed by atoms with Gasteiger partial charge in [0.15, 0.2) is 0 Å². The van der Waals surface area contributed by atoms with Crippen molar-refractivity contribution in [2.75, 3.05) is 5.32 Å². The second-order valence-electron chi connectivity index (χ2n) is 4.90. The molecule has 4 N–H and O–H groups in total. The molecule has 2 amide bonds. The van der Waals surface area contributed by atoms with Crippen molar-refractivity contribution in [1.82, 2.24) is 5.32 Å². The van der Waals surface area contributed by atoms with Crippen molar-refractivity contribution >= 4 is 11.7 Å². The van der Waals surface area contributed by atoms with Gasteiger partial charge >= 0.3 is 6.03 Å². The standard InChI is InChI=1S/C15H25N3O/c1-4-6-13(5-2)17-15(19)18-14-9-7-12(8-10-14)11(3)16/h7-11,13H,4-6,16H2,1-3H3,(H2,17,18,19). The molecule has 2 atom stereocenters. The molecule has 0 aliphatic carbocycles. The third-order valence-corrected chi connectivity index (χ3v) is 3.16. The topological polar surface area (TPSA) is 67.2 Å². The molecule has 1 aromatic carbocycles. The van der Waals surface area contributed by atoms with Gasteiger partial charge < -0.3 is 16.4 Å². The lowest BCUT2D eigenvalue weighted by atomic mass is 10.1. The molecule has 1 rings (SSSR count). The van der Waals surface area contributed by atoms with E-state index in [4.69, 9.17) is 5.73 Å². The third kappa shape index (κ3) is 5.30. The lowest BCUT2D eigenvalue weighted by Crippen LogP contribution is -2.37. The highest BCUT2D eigenvalue weighted by Gasteiger charge is 2.09. The van der Waals surface area contributed by atoms with Gasteiger partial charge in [-0.25, -0.2) is 4.79 Å². The maximum absolute atomic E-state index is 11.8. The Morgan fingerprint density at radius 1 is 1.26 bits per heavy atom. The van der Waals surface area contributed by atoms with E-state index < -0.39 is 0 Å². The minimum atomic E-state index is -0.145. The van der Waals surface area contributed by atoms with E-state index in [9.17, 15) is 4.79 Å². The van der Waals surface area contributed by atoms with E-state index in [0.29, 0.717) is 0 Å². The van der Waals surface area contributed by atoms with E-state index >= 15 is 0 Å². The van der Waals surface area contributed by atoms with Crippen LogP contribution < -0.4 is 16.4 Å². The predicted octanol–water partition coefficient (Wildman–Crippen LogP) is 3.41. The van der Waals surface area contributed by atoms with E-state index in [2.05, 4.69) is 24.5 Å². The van der Waals surface area contributed by atoms with Crippen LogP contribution in [-0.2, 0) is 0 Å². The van der Waals surface area contributed by atoms with Crippen LogP contribution in [0.5, 0.6) is 0 Å². The molecule has 0 aromatic heterocycles. The molecule has 106 valence electrons. The fourth-order valence-electron chi connectivity index (χ4n) is 1.95. The molecule has 4 nitrogen and oxygen atoms in total. The van der Waals surface area contributed by atoms with Crippen LogP contribution in [0.2, 0.25) is 0 Å². The Balaban J connectivity index is 2.52. The molecule has 19 heavy (non-hydrogen) atoms. The number of hydrogen-bond donors (Lipinski definition) is 3. The molecule has 0 spiro atoms. The first-order valence-corrected chi connectivity index (χ1v) is 6.99. The van der Waals surface area contributed by atoms with Gasteiger partial charge in [-0.3, -0.25) is 0 Å². The summed E-state index contributed by atoms with van der Waals surface area (Å²) in [6.45, 7) is 6.14. The Bertz CT molecular complexity index is 387. The number of hydrogen-bond acceptors (Lipinski definition) is 2. The van der Waals surface area contributed by atoms with E-state index in [-0.39, 0.29) is 18.1 Å². The van der Waals surface area contributed by atoms with Crippen molar-refractivity contribution in [3.63, 3.8) is 0 Å². The molecule has 0 bridgehead atoms. The molecule has 4 heteroatoms. The van der Waals surface area contributed by atoms with Crippen LogP contribution in [0.3, 0.4) is 0 Å². The predicted molar refractivity (Wildman–Crippen MR) is 80.2 cm³/mol. The van der Waals surface area contributed by atoms with Gasteiger partial charge in [-0.15, -0.1) is 0 Å². The highest BCUT2D eigenvalue weighted by molar-refractivity contribution is 5.89. The number of nitrogens with two attached hydrogens (primary N) is 1. The summed E-state index contributed by atoms with van der Waals surface area (Å²) in [5.41, 5.74) is 7.63. The first-order valence-electron chi connectivity index (χ1n) is 6.99. The highest BCUT2D eigenvalue weighted by Crippen LogP contribution is 2.14. The first-order chi connectivity index (χ1) is 9.06. The molecule has 0 saturated carbocycles. The van der Waals surface area contributed by atoms with Crippen molar-refractivity contribution in [2.24, 2.45) is 5.73 Å². The molecule has 0 radical (unpaired) electrons. The van der Waals surface area contributed by atoms with Crippen LogP contribution in [-0.4, -0.2) is 12.1 Å². The maximum Gasteiger partial charge on any atom is 0.319 e. The largest absolute Gasteiger partial charge is 0.335 e. The monoisotopic (exact) mass is 263 g/mol. The second-order valence-corrected chi connectivity index (χ2v) is 4.90. The molecule has 0 aliphatic rings. The van der Waals surface area contributed by atoms with E-state index in [0.717, 1.165) is 30.5 Å². The Hall–Kier alpha value is -1.55. The zero-order valence-electron chi connectivity index (χ0n) is 12.1. The van der Waals surface area contributed by atoms with Crippen molar-refractivity contribution in [3.05, 3.63) is 29.8 Å². The normalized spacial score (nSPS) is 13.7. The van der Waals surface area contributed by atoms with Crippen LogP contribution >= 0.6 is 0 Å². The van der Waals surface area contributed by atoms with Crippen molar-refractivity contribution in [3.8, 4) is 0 Å². The Morgan fingerprint density at radius 2 is 1.89 bits per heavy atom. The Labute approximate surface area is 115 Å². The summed E-state index contributed by atoms with van der Waals surface area (Å²) in [7, 11) is 0. The lowest BCUT2D eigenvalue weighted by Gasteiger charge is -2.16. The number of amides is 2. The summed E-state index contributed by atoms with van der Waals surface area (Å²) in [6.07, 6.45) is 3.03. The summed E-state index contributed by atoms with van der Waals surface area (Å²) in [5.74, 6) is 0. The number of urea groups is 1. The fourth-order valence-corrected chi connectivity index (χ4v) is 1.95. The number of carbonyl (C=O) groups is 1. The van der Waals surface area contributed by atoms with Crippen molar-refractivity contribution in [2.45, 2.75) is 52.1 Å². The van der Waals surface area contributed by atoms with E-state index in [1.54, 1.807) is 0 Å². The van der Waals surface area contributed by atoms with Gasteiger partial charge in [0.25, 0.3) is 0 Å². The SMILES string of the molecule is CCCC(CC)NC(=O)Nc1ccc(C(C)N)cc1. The van der Waals surface area contributed by atoms with E-state index in [1.165, 1.54) is 0 Å². The Kier molecular flexibility index (Phi) is 6.36. The lowest BCUT2D eigenvalue weighted by molar-refractivity contribution is 0.247. The van der Waals surface area contributed by atoms with Crippen LogP contribution in [0.1, 0.15) is 51.6 Å². The number of nitrogens with one attached hydrogen (secondary N) is 2. The van der Waals surface area contributed by atoms with Crippen molar-refractivity contribution in [1.29, 1.82) is 0 Å². The summed E-state index contributed by atoms with van der Waals surface area (Å²) in [4.78, 5) is 11.8. The Morgan fingerprint density at radius 3 is 2.37 bits per heavy atom. The third-order valence-electron chi connectivity index (χ3n) is 3.16. The molecule has 0 saturated heterocycles. The maximum atomic E-state index is 11.8. The van der Waals surface area contributed by atoms with Gasteiger partial charge in [-0.05, 0) is 37.5 Å². The van der Waals surface area contributed by atoms with Gasteiger partial charge in [-0.2, -0.15) is 0 Å². The molecular formula is C15H25N3O. The fraction of sp³-hybridized carbons (Fsp3) is 0.533. The van der Waals surface area contributed by atoms with Crippen LogP contribution in [0.25, 0.3) is 0 Å². The zero-order chi connectivity index (χ0) is 14.3. The summed E-state index contributed by atoms with van der Waals surface area (Å²) in [5, 5.41) is 5.82. The number of rotatable bonds is 6. The average molecular weight is 263 g/mol. The minimum absolute atomic E-state index is 0.0110. The molecule has 2 unspecified atom stereocenters. The van der Waals surface area contributed by atoms with Gasteiger partial charge in [0.2, 0.25) is 0 Å².